The summed E-state index contributed by atoms with van der Waals surface area (Å²) in [5.41, 5.74) is 11.3. The summed E-state index contributed by atoms with van der Waals surface area (Å²) in [4.78, 5) is 0. The Hall–Kier alpha value is -5.14. The zero-order valence-electron chi connectivity index (χ0n) is 22.7. The number of benzene rings is 7. The molecule has 41 heavy (non-hydrogen) atoms. The van der Waals surface area contributed by atoms with E-state index in [0.717, 1.165) is 17.1 Å². The lowest BCUT2D eigenvalue weighted by atomic mass is 9.73. The summed E-state index contributed by atoms with van der Waals surface area (Å²) in [6.07, 6.45) is 0. The normalized spacial score (nSPS) is 16.2. The van der Waals surface area contributed by atoms with Gasteiger partial charge in [-0.2, -0.15) is 0 Å². The summed E-state index contributed by atoms with van der Waals surface area (Å²) in [5.74, 6) is 1.83. The summed E-state index contributed by atoms with van der Waals surface area (Å²) in [7, 11) is 0. The molecule has 1 nitrogen and oxygen atoms in total. The summed E-state index contributed by atoms with van der Waals surface area (Å²) < 4.78 is 6.39. The van der Waals surface area contributed by atoms with Gasteiger partial charge in [0.05, 0.1) is 0 Å². The maximum Gasteiger partial charge on any atom is 0.135 e. The fourth-order valence-corrected chi connectivity index (χ4v) is 7.38. The molecule has 2 aliphatic rings. The molecule has 0 aromatic heterocycles. The molecule has 1 atom stereocenters. The van der Waals surface area contributed by atoms with Crippen LogP contribution in [0.5, 0.6) is 11.5 Å². The van der Waals surface area contributed by atoms with Crippen LogP contribution in [-0.4, -0.2) is 0 Å². The van der Waals surface area contributed by atoms with Crippen molar-refractivity contribution in [1.82, 2.24) is 0 Å². The third-order valence-corrected chi connectivity index (χ3v) is 9.34. The van der Waals surface area contributed by atoms with Crippen molar-refractivity contribution in [2.45, 2.75) is 12.3 Å². The van der Waals surface area contributed by atoms with Crippen LogP contribution in [0.3, 0.4) is 0 Å². The van der Waals surface area contributed by atoms with Gasteiger partial charge >= 0.3 is 0 Å². The summed E-state index contributed by atoms with van der Waals surface area (Å²) in [6, 6.07) is 50.8. The van der Waals surface area contributed by atoms with E-state index >= 15 is 0 Å². The largest absolute Gasteiger partial charge is 0.456 e. The Bertz CT molecular complexity index is 2190. The van der Waals surface area contributed by atoms with Crippen molar-refractivity contribution in [2.75, 3.05) is 0 Å². The molecule has 0 saturated carbocycles. The van der Waals surface area contributed by atoms with Crippen molar-refractivity contribution in [1.29, 1.82) is 0 Å². The molecule has 0 saturated heterocycles. The molecular formula is C40H26O. The van der Waals surface area contributed by atoms with Crippen LogP contribution in [0, 0.1) is 0 Å². The Morgan fingerprint density at radius 3 is 2.15 bits per heavy atom. The Morgan fingerprint density at radius 2 is 1.22 bits per heavy atom. The van der Waals surface area contributed by atoms with Crippen LogP contribution in [0.25, 0.3) is 54.9 Å². The Labute approximate surface area is 239 Å². The van der Waals surface area contributed by atoms with E-state index in [2.05, 4.69) is 146 Å². The van der Waals surface area contributed by atoms with E-state index in [1.165, 1.54) is 66.1 Å². The monoisotopic (exact) mass is 522 g/mol. The number of hydrogen-bond donors (Lipinski definition) is 0. The fraction of sp³-hybridized carbons (Fsp3) is 0.0500. The molecule has 7 aromatic rings. The van der Waals surface area contributed by atoms with Gasteiger partial charge in [-0.3, -0.25) is 0 Å². The van der Waals surface area contributed by atoms with E-state index in [9.17, 15) is 0 Å². The van der Waals surface area contributed by atoms with Crippen molar-refractivity contribution in [3.8, 4) is 44.9 Å². The topological polar surface area (TPSA) is 9.23 Å². The molecule has 9 rings (SSSR count). The Kier molecular flexibility index (Phi) is 4.52. The second-order valence-electron chi connectivity index (χ2n) is 11.4. The zero-order valence-corrected chi connectivity index (χ0v) is 22.7. The number of ether oxygens (including phenoxy) is 1. The highest BCUT2D eigenvalue weighted by atomic mass is 16.5. The minimum absolute atomic E-state index is 0.272. The van der Waals surface area contributed by atoms with Gasteiger partial charge in [0, 0.05) is 21.9 Å². The van der Waals surface area contributed by atoms with Crippen LogP contribution >= 0.6 is 0 Å². The standard InChI is InChI=1S/C40H26O/c1-40(28-12-3-2-4-13-28)33-23-20-25-10-5-6-14-29(25)38(33)31-22-19-27(24-34(31)40)30-21-18-26-11-9-17-36-37(26)39(30)32-15-7-8-16-35(32)41-36/h2-24H,1H3. The summed E-state index contributed by atoms with van der Waals surface area (Å²) in [6.45, 7) is 2.40. The average Bonchev–Trinajstić information content (AvgIpc) is 3.30. The van der Waals surface area contributed by atoms with E-state index in [-0.39, 0.29) is 5.41 Å². The van der Waals surface area contributed by atoms with Crippen LogP contribution in [-0.2, 0) is 5.41 Å². The zero-order chi connectivity index (χ0) is 27.1. The third kappa shape index (κ3) is 3.01. The number of rotatable bonds is 2. The summed E-state index contributed by atoms with van der Waals surface area (Å²) in [5, 5.41) is 4.98. The van der Waals surface area contributed by atoms with Crippen molar-refractivity contribution >= 4 is 21.5 Å². The minimum atomic E-state index is -0.272. The molecule has 0 bridgehead atoms. The number of hydrogen-bond acceptors (Lipinski definition) is 1. The number of fused-ring (bicyclic) bond motifs is 7. The van der Waals surface area contributed by atoms with Gasteiger partial charge in [0.1, 0.15) is 11.5 Å². The Morgan fingerprint density at radius 1 is 0.488 bits per heavy atom. The van der Waals surface area contributed by atoms with E-state index in [1.807, 2.05) is 0 Å². The molecule has 1 heteroatoms. The molecule has 192 valence electrons. The van der Waals surface area contributed by atoms with Gasteiger partial charge in [0.25, 0.3) is 0 Å². The molecule has 0 fully saturated rings. The molecule has 0 radical (unpaired) electrons. The second kappa shape index (κ2) is 8.19. The van der Waals surface area contributed by atoms with Crippen LogP contribution in [0.15, 0.2) is 140 Å². The molecule has 1 aliphatic heterocycles. The van der Waals surface area contributed by atoms with Crippen LogP contribution in [0.4, 0.5) is 0 Å². The molecule has 0 N–H and O–H groups in total. The van der Waals surface area contributed by atoms with Gasteiger partial charge in [-0.25, -0.2) is 0 Å². The van der Waals surface area contributed by atoms with Gasteiger partial charge in [0.15, 0.2) is 0 Å². The van der Waals surface area contributed by atoms with Crippen molar-refractivity contribution < 1.29 is 4.74 Å². The predicted molar refractivity (Wildman–Crippen MR) is 170 cm³/mol. The Balaban J connectivity index is 1.36. The molecule has 0 spiro atoms. The van der Waals surface area contributed by atoms with Crippen molar-refractivity contribution in [3.63, 3.8) is 0 Å². The van der Waals surface area contributed by atoms with Gasteiger partial charge < -0.3 is 4.74 Å². The highest BCUT2D eigenvalue weighted by Gasteiger charge is 2.41. The summed E-state index contributed by atoms with van der Waals surface area (Å²) >= 11 is 0. The number of para-hydroxylation sites is 1. The third-order valence-electron chi connectivity index (χ3n) is 9.34. The molecular weight excluding hydrogens is 496 g/mol. The molecule has 1 unspecified atom stereocenters. The van der Waals surface area contributed by atoms with Crippen LogP contribution in [0.1, 0.15) is 23.6 Å². The van der Waals surface area contributed by atoms with Gasteiger partial charge in [-0.15, -0.1) is 0 Å². The van der Waals surface area contributed by atoms with E-state index < -0.39 is 0 Å². The maximum atomic E-state index is 6.39. The lowest BCUT2D eigenvalue weighted by Gasteiger charge is -2.29. The molecule has 7 aromatic carbocycles. The lowest BCUT2D eigenvalue weighted by molar-refractivity contribution is 0.487. The van der Waals surface area contributed by atoms with Crippen LogP contribution < -0.4 is 4.74 Å². The second-order valence-corrected chi connectivity index (χ2v) is 11.4. The molecule has 1 heterocycles. The predicted octanol–water partition coefficient (Wildman–Crippen LogP) is 10.8. The van der Waals surface area contributed by atoms with E-state index in [0.29, 0.717) is 0 Å². The van der Waals surface area contributed by atoms with Gasteiger partial charge in [0.2, 0.25) is 0 Å². The van der Waals surface area contributed by atoms with E-state index in [4.69, 9.17) is 4.74 Å². The highest BCUT2D eigenvalue weighted by molar-refractivity contribution is 6.10. The molecule has 0 amide bonds. The van der Waals surface area contributed by atoms with Gasteiger partial charge in [-0.05, 0) is 80.2 Å². The average molecular weight is 523 g/mol. The van der Waals surface area contributed by atoms with Crippen molar-refractivity contribution in [3.05, 3.63) is 156 Å². The fourth-order valence-electron chi connectivity index (χ4n) is 7.38. The minimum Gasteiger partial charge on any atom is -0.456 e. The van der Waals surface area contributed by atoms with E-state index in [1.54, 1.807) is 0 Å². The molecule has 1 aliphatic carbocycles. The maximum absolute atomic E-state index is 6.39. The van der Waals surface area contributed by atoms with Crippen LogP contribution in [0.2, 0.25) is 0 Å². The first-order valence-electron chi connectivity index (χ1n) is 14.3. The smallest absolute Gasteiger partial charge is 0.135 e. The quantitative estimate of drug-likeness (QED) is 0.219. The van der Waals surface area contributed by atoms with Gasteiger partial charge in [-0.1, -0.05) is 121 Å². The van der Waals surface area contributed by atoms with Crippen molar-refractivity contribution in [2.24, 2.45) is 0 Å². The first kappa shape index (κ1) is 22.7. The first-order valence-corrected chi connectivity index (χ1v) is 14.3. The first-order chi connectivity index (χ1) is 20.2. The highest BCUT2D eigenvalue weighted by Crippen LogP contribution is 2.56. The lowest BCUT2D eigenvalue weighted by Crippen LogP contribution is -2.22. The SMILES string of the molecule is CC1(c2ccccc2)c2cc(-c3ccc4cccc5c4c3-c3ccccc3O5)ccc2-c2c1ccc1ccccc21.